The number of benzene rings is 2. The molecule has 0 amide bonds. The first-order valence-corrected chi connectivity index (χ1v) is 10.4. The number of carboxylic acids is 1. The van der Waals surface area contributed by atoms with Crippen LogP contribution < -0.4 is 9.64 Å². The summed E-state index contributed by atoms with van der Waals surface area (Å²) in [4.78, 5) is 13.9. The zero-order valence-electron chi connectivity index (χ0n) is 19.4. The summed E-state index contributed by atoms with van der Waals surface area (Å²) in [5.74, 6) is 0.306. The molecule has 0 saturated heterocycles. The van der Waals surface area contributed by atoms with E-state index in [1.807, 2.05) is 22.7 Å². The lowest BCUT2D eigenvalue weighted by atomic mass is 9.92. The molecular weight excluding hydrogens is 390 g/mol. The Hall–Kier alpha value is -3.28. The van der Waals surface area contributed by atoms with Crippen LogP contribution in [0.4, 0.5) is 11.5 Å². The maximum atomic E-state index is 12.0. The van der Waals surface area contributed by atoms with Crippen LogP contribution in [0.3, 0.4) is 0 Å². The Bertz CT molecular complexity index is 1110. The highest BCUT2D eigenvalue weighted by Gasteiger charge is 2.26. The lowest BCUT2D eigenvalue weighted by Crippen LogP contribution is -2.18. The maximum Gasteiger partial charge on any atom is 0.337 e. The molecule has 0 aliphatic rings. The van der Waals surface area contributed by atoms with Crippen LogP contribution in [0.5, 0.6) is 5.75 Å². The topological polar surface area (TPSA) is 67.6 Å². The molecule has 0 bridgehead atoms. The summed E-state index contributed by atoms with van der Waals surface area (Å²) >= 11 is 0. The lowest BCUT2D eigenvalue weighted by molar-refractivity contribution is 0.0697. The van der Waals surface area contributed by atoms with Crippen LogP contribution in [0.15, 0.2) is 42.5 Å². The van der Waals surface area contributed by atoms with Gasteiger partial charge in [-0.3, -0.25) is 0 Å². The van der Waals surface area contributed by atoms with Crippen molar-refractivity contribution in [2.24, 2.45) is 0 Å². The second-order valence-corrected chi connectivity index (χ2v) is 8.73. The van der Waals surface area contributed by atoms with Gasteiger partial charge in [0.15, 0.2) is 0 Å². The number of nitrogens with zero attached hydrogens (tertiary/aromatic N) is 3. The number of carboxylic acid groups (broad SMARTS) is 1. The monoisotopic (exact) mass is 421 g/mol. The number of hydrogen-bond donors (Lipinski definition) is 1. The number of carbonyl (C=O) groups is 1. The fourth-order valence-electron chi connectivity index (χ4n) is 3.68. The molecule has 0 radical (unpaired) electrons. The Kier molecular flexibility index (Phi) is 6.11. The molecule has 0 unspecified atom stereocenters. The third-order valence-corrected chi connectivity index (χ3v) is 5.51. The lowest BCUT2D eigenvalue weighted by Gasteiger charge is -2.24. The van der Waals surface area contributed by atoms with E-state index in [0.29, 0.717) is 11.4 Å². The van der Waals surface area contributed by atoms with Gasteiger partial charge in [-0.25, -0.2) is 9.48 Å². The first-order valence-electron chi connectivity index (χ1n) is 10.4. The third kappa shape index (κ3) is 4.29. The smallest absolute Gasteiger partial charge is 0.337 e. The summed E-state index contributed by atoms with van der Waals surface area (Å²) in [6.45, 7) is 10.6. The zero-order valence-corrected chi connectivity index (χ0v) is 19.4. The molecule has 1 N–H and O–H groups in total. The van der Waals surface area contributed by atoms with Gasteiger partial charge in [-0.15, -0.1) is 0 Å². The SMILES string of the molecule is CCc1cccc(C)c1-n1nc(C(C)(C)C)cc1N(C)c1ccc(OC)cc1C(=O)O. The largest absolute Gasteiger partial charge is 0.497 e. The molecule has 0 fully saturated rings. The molecule has 2 aromatic carbocycles. The van der Waals surface area contributed by atoms with Crippen molar-refractivity contribution >= 4 is 17.5 Å². The maximum absolute atomic E-state index is 12.0. The van der Waals surface area contributed by atoms with Gasteiger partial charge in [-0.2, -0.15) is 5.10 Å². The van der Waals surface area contributed by atoms with Gasteiger partial charge in [0.2, 0.25) is 0 Å². The molecule has 0 aliphatic carbocycles. The number of methoxy groups -OCH3 is 1. The van der Waals surface area contributed by atoms with E-state index < -0.39 is 5.97 Å². The summed E-state index contributed by atoms with van der Waals surface area (Å²) in [6, 6.07) is 13.4. The molecule has 0 aliphatic heterocycles. The summed E-state index contributed by atoms with van der Waals surface area (Å²) in [6.07, 6.45) is 0.869. The van der Waals surface area contributed by atoms with Crippen molar-refractivity contribution in [1.29, 1.82) is 0 Å². The fraction of sp³-hybridized carbons (Fsp3) is 0.360. The van der Waals surface area contributed by atoms with Crippen LogP contribution in [0.1, 0.15) is 54.9 Å². The molecule has 3 rings (SSSR count). The molecule has 1 heterocycles. The highest BCUT2D eigenvalue weighted by atomic mass is 16.5. The molecule has 6 nitrogen and oxygen atoms in total. The number of hydrogen-bond acceptors (Lipinski definition) is 4. The first-order chi connectivity index (χ1) is 14.6. The van der Waals surface area contributed by atoms with Gasteiger partial charge < -0.3 is 14.7 Å². The first kappa shape index (κ1) is 22.4. The quantitative estimate of drug-likeness (QED) is 0.568. The van der Waals surface area contributed by atoms with Gasteiger partial charge in [-0.1, -0.05) is 45.9 Å². The molecule has 0 spiro atoms. The van der Waals surface area contributed by atoms with Gasteiger partial charge in [0.1, 0.15) is 11.6 Å². The average molecular weight is 422 g/mol. The summed E-state index contributed by atoms with van der Waals surface area (Å²) in [7, 11) is 3.40. The molecule has 1 aromatic heterocycles. The summed E-state index contributed by atoms with van der Waals surface area (Å²) in [5, 5.41) is 14.8. The highest BCUT2D eigenvalue weighted by molar-refractivity contribution is 5.96. The fourth-order valence-corrected chi connectivity index (χ4v) is 3.68. The average Bonchev–Trinajstić information content (AvgIpc) is 3.17. The second kappa shape index (κ2) is 8.46. The van der Waals surface area contributed by atoms with Crippen molar-refractivity contribution in [1.82, 2.24) is 9.78 Å². The van der Waals surface area contributed by atoms with Crippen molar-refractivity contribution in [3.05, 3.63) is 64.8 Å². The minimum atomic E-state index is -1.01. The Morgan fingerprint density at radius 3 is 2.48 bits per heavy atom. The van der Waals surface area contributed by atoms with Gasteiger partial charge >= 0.3 is 5.97 Å². The number of para-hydroxylation sites is 1. The highest BCUT2D eigenvalue weighted by Crippen LogP contribution is 2.35. The van der Waals surface area contributed by atoms with E-state index in [4.69, 9.17) is 9.84 Å². The molecule has 0 saturated carbocycles. The van der Waals surface area contributed by atoms with E-state index >= 15 is 0 Å². The standard InChI is InChI=1S/C25H31N3O3/c1-8-17-11-9-10-16(2)23(17)28-22(15-21(26-28)25(3,4)5)27(6)20-13-12-18(31-7)14-19(20)24(29)30/h9-15H,8H2,1-7H3,(H,29,30). The van der Waals surface area contributed by atoms with Crippen molar-refractivity contribution in [3.63, 3.8) is 0 Å². The van der Waals surface area contributed by atoms with E-state index in [1.165, 1.54) is 12.7 Å². The Morgan fingerprint density at radius 1 is 1.19 bits per heavy atom. The van der Waals surface area contributed by atoms with Crippen LogP contribution in [0.2, 0.25) is 0 Å². The molecule has 31 heavy (non-hydrogen) atoms. The molecule has 164 valence electrons. The number of anilines is 2. The molecule has 6 heteroatoms. The van der Waals surface area contributed by atoms with Gasteiger partial charge in [0.05, 0.1) is 29.7 Å². The number of aromatic nitrogens is 2. The predicted molar refractivity (Wildman–Crippen MR) is 124 cm³/mol. The van der Waals surface area contributed by atoms with Crippen molar-refractivity contribution in [2.75, 3.05) is 19.1 Å². The molecular formula is C25H31N3O3. The van der Waals surface area contributed by atoms with E-state index in [-0.39, 0.29) is 11.0 Å². The van der Waals surface area contributed by atoms with E-state index in [2.05, 4.69) is 52.8 Å². The minimum Gasteiger partial charge on any atom is -0.497 e. The number of rotatable bonds is 6. The van der Waals surface area contributed by atoms with E-state index in [1.54, 1.807) is 18.2 Å². The summed E-state index contributed by atoms with van der Waals surface area (Å²) < 4.78 is 7.18. The van der Waals surface area contributed by atoms with Crippen LogP contribution in [0, 0.1) is 6.92 Å². The van der Waals surface area contributed by atoms with Crippen LogP contribution in [0.25, 0.3) is 5.69 Å². The Labute approximate surface area is 184 Å². The van der Waals surface area contributed by atoms with E-state index in [0.717, 1.165) is 29.2 Å². The number of ether oxygens (including phenoxy) is 1. The number of aryl methyl sites for hydroxylation is 2. The van der Waals surface area contributed by atoms with E-state index in [9.17, 15) is 9.90 Å². The van der Waals surface area contributed by atoms with Crippen molar-refractivity contribution < 1.29 is 14.6 Å². The zero-order chi connectivity index (χ0) is 22.9. The van der Waals surface area contributed by atoms with Crippen molar-refractivity contribution in [3.8, 4) is 11.4 Å². The van der Waals surface area contributed by atoms with Gasteiger partial charge in [0.25, 0.3) is 0 Å². The predicted octanol–water partition coefficient (Wildman–Crippen LogP) is 5.52. The van der Waals surface area contributed by atoms with Crippen LogP contribution in [-0.2, 0) is 11.8 Å². The Balaban J connectivity index is 2.27. The summed E-state index contributed by atoms with van der Waals surface area (Å²) in [5.41, 5.74) is 4.86. The molecule has 3 aromatic rings. The van der Waals surface area contributed by atoms with Crippen molar-refractivity contribution in [2.45, 2.75) is 46.5 Å². The number of aromatic carboxylic acids is 1. The third-order valence-electron chi connectivity index (χ3n) is 5.51. The van der Waals surface area contributed by atoms with Crippen LogP contribution >= 0.6 is 0 Å². The van der Waals surface area contributed by atoms with Gasteiger partial charge in [0, 0.05) is 18.5 Å². The minimum absolute atomic E-state index is 0.161. The normalized spacial score (nSPS) is 11.5. The van der Waals surface area contributed by atoms with Crippen LogP contribution in [-0.4, -0.2) is 35.0 Å². The molecule has 0 atom stereocenters. The second-order valence-electron chi connectivity index (χ2n) is 8.73. The Morgan fingerprint density at radius 2 is 1.90 bits per heavy atom. The van der Waals surface area contributed by atoms with Gasteiger partial charge in [-0.05, 0) is 42.7 Å².